The molecule has 3 heterocycles. The van der Waals surface area contributed by atoms with Crippen molar-refractivity contribution in [3.8, 4) is 67.8 Å². The molecule has 0 amide bonds. The highest BCUT2D eigenvalue weighted by Crippen LogP contribution is 2.44. The van der Waals surface area contributed by atoms with Crippen molar-refractivity contribution in [2.45, 2.75) is 12.8 Å². The molecule has 0 saturated carbocycles. The molecule has 12 aromatic carbocycles. The topological polar surface area (TPSA) is 77.8 Å². The second-order valence-electron chi connectivity index (χ2n) is 19.9. The van der Waals surface area contributed by atoms with Crippen LogP contribution in [0.5, 0.6) is 0 Å². The zero-order valence-electron chi connectivity index (χ0n) is 41.0. The van der Waals surface area contributed by atoms with Gasteiger partial charge in [-0.3, -0.25) is 0 Å². The fourth-order valence-corrected chi connectivity index (χ4v) is 12.0. The first-order valence-electron chi connectivity index (χ1n) is 25.9. The molecule has 0 spiro atoms. The summed E-state index contributed by atoms with van der Waals surface area (Å²) in [5.41, 5.74) is 15.5. The predicted molar refractivity (Wildman–Crippen MR) is 312 cm³/mol. The summed E-state index contributed by atoms with van der Waals surface area (Å²) in [4.78, 5) is 21.5. The van der Waals surface area contributed by atoms with Crippen molar-refractivity contribution < 1.29 is 8.83 Å². The number of fused-ring (bicyclic) bond motifs is 15. The summed E-state index contributed by atoms with van der Waals surface area (Å²) in [6, 6.07) is 77.1. The summed E-state index contributed by atoms with van der Waals surface area (Å²) < 4.78 is 13.4. The van der Waals surface area contributed by atoms with Gasteiger partial charge in [0.25, 0.3) is 0 Å². The van der Waals surface area contributed by atoms with Crippen LogP contribution in [0.25, 0.3) is 161 Å². The van der Waals surface area contributed by atoms with Crippen molar-refractivity contribution in [3.63, 3.8) is 0 Å². The number of aryl methyl sites for hydroxylation is 1. The Kier molecular flexibility index (Phi) is 9.36. The van der Waals surface area contributed by atoms with Gasteiger partial charge in [-0.1, -0.05) is 194 Å². The van der Waals surface area contributed by atoms with Crippen molar-refractivity contribution in [1.82, 2.24) is 19.9 Å². The lowest BCUT2D eigenvalue weighted by molar-refractivity contribution is 0.622. The molecule has 0 atom stereocenters. The van der Waals surface area contributed by atoms with Crippen molar-refractivity contribution in [2.24, 2.45) is 0 Å². The van der Waals surface area contributed by atoms with Crippen LogP contribution in [0.4, 0.5) is 0 Å². The second-order valence-corrected chi connectivity index (χ2v) is 19.9. The summed E-state index contributed by atoms with van der Waals surface area (Å²) in [7, 11) is 0. The van der Waals surface area contributed by atoms with Crippen molar-refractivity contribution in [2.75, 3.05) is 0 Å². The number of nitrogens with zero attached hydrogens (tertiary/aromatic N) is 4. The monoisotopic (exact) mass is 970 g/mol. The summed E-state index contributed by atoms with van der Waals surface area (Å²) in [5, 5.41) is 12.3. The highest BCUT2D eigenvalue weighted by Gasteiger charge is 2.23. The van der Waals surface area contributed by atoms with Gasteiger partial charge in [0.1, 0.15) is 11.0 Å². The minimum Gasteiger partial charge on any atom is -0.435 e. The molecular formula is C70H42N4O2. The van der Waals surface area contributed by atoms with Gasteiger partial charge in [0.15, 0.2) is 17.0 Å². The Bertz CT molecular complexity index is 4850. The summed E-state index contributed by atoms with van der Waals surface area (Å²) in [6.45, 7) is 0. The predicted octanol–water partition coefficient (Wildman–Crippen LogP) is 18.6. The molecule has 76 heavy (non-hydrogen) atoms. The van der Waals surface area contributed by atoms with E-state index in [1.807, 2.05) is 0 Å². The molecule has 16 rings (SSSR count). The van der Waals surface area contributed by atoms with Gasteiger partial charge in [0.05, 0.1) is 11.2 Å². The highest BCUT2D eigenvalue weighted by atomic mass is 16.4. The number of rotatable bonds is 6. The lowest BCUT2D eigenvalue weighted by atomic mass is 9.90. The third kappa shape index (κ3) is 6.60. The molecule has 0 fully saturated rings. The van der Waals surface area contributed by atoms with Crippen LogP contribution in [0.2, 0.25) is 0 Å². The van der Waals surface area contributed by atoms with Crippen LogP contribution in [-0.4, -0.2) is 19.9 Å². The van der Waals surface area contributed by atoms with E-state index < -0.39 is 0 Å². The molecule has 0 bridgehead atoms. The maximum atomic E-state index is 6.75. The highest BCUT2D eigenvalue weighted by molar-refractivity contribution is 6.23. The van der Waals surface area contributed by atoms with E-state index >= 15 is 0 Å². The number of hydrogen-bond donors (Lipinski definition) is 0. The van der Waals surface area contributed by atoms with E-state index in [2.05, 4.69) is 231 Å². The Balaban J connectivity index is 0.899. The summed E-state index contributed by atoms with van der Waals surface area (Å²) >= 11 is 0. The van der Waals surface area contributed by atoms with E-state index in [-0.39, 0.29) is 0 Å². The van der Waals surface area contributed by atoms with Gasteiger partial charge in [-0.15, -0.1) is 0 Å². The fourth-order valence-electron chi connectivity index (χ4n) is 12.0. The van der Waals surface area contributed by atoms with Gasteiger partial charge in [-0.25, -0.2) is 19.9 Å². The molecule has 0 aliphatic heterocycles. The summed E-state index contributed by atoms with van der Waals surface area (Å²) in [5.74, 6) is 1.77. The smallest absolute Gasteiger partial charge is 0.227 e. The van der Waals surface area contributed by atoms with Gasteiger partial charge in [0.2, 0.25) is 11.8 Å². The maximum absolute atomic E-state index is 6.75. The van der Waals surface area contributed by atoms with Crippen molar-refractivity contribution in [1.29, 1.82) is 0 Å². The third-order valence-corrected chi connectivity index (χ3v) is 15.6. The maximum Gasteiger partial charge on any atom is 0.227 e. The average Bonchev–Trinajstić information content (AvgIpc) is 4.22. The molecule has 354 valence electrons. The minimum absolute atomic E-state index is 0.561. The fraction of sp³-hybridized carbons (Fsp3) is 0.0286. The molecule has 0 radical (unpaired) electrons. The Morgan fingerprint density at radius 2 is 0.842 bits per heavy atom. The van der Waals surface area contributed by atoms with Gasteiger partial charge in [0, 0.05) is 49.4 Å². The van der Waals surface area contributed by atoms with Crippen LogP contribution in [0.15, 0.2) is 233 Å². The lowest BCUT2D eigenvalue weighted by Gasteiger charge is -2.17. The Hall–Kier alpha value is -10.0. The molecule has 1 aliphatic carbocycles. The SMILES string of the molecule is C1=Cc2c(c3nc(-c4ccc(-c5nc(-c6ccc(-c7nc8c9ccccc9c9ccccc9c8o7)cc6)nc6c(-c7cccc8ccccc78)cc(-c7cccc8ccccc78)cc56)cc4)oc3c3ccccc23)CC1. The van der Waals surface area contributed by atoms with Gasteiger partial charge in [-0.2, -0.15) is 0 Å². The molecule has 0 unspecified atom stereocenters. The Morgan fingerprint density at radius 3 is 1.54 bits per heavy atom. The Morgan fingerprint density at radius 1 is 0.329 bits per heavy atom. The number of aromatic nitrogens is 4. The number of allylic oxidation sites excluding steroid dienone is 1. The van der Waals surface area contributed by atoms with Crippen molar-refractivity contribution >= 4 is 93.0 Å². The van der Waals surface area contributed by atoms with Gasteiger partial charge >= 0.3 is 0 Å². The van der Waals surface area contributed by atoms with Crippen LogP contribution in [0, 0.1) is 0 Å². The molecule has 15 aromatic rings. The third-order valence-electron chi connectivity index (χ3n) is 15.6. The van der Waals surface area contributed by atoms with E-state index in [0.717, 1.165) is 134 Å². The second kappa shape index (κ2) is 16.7. The number of oxazole rings is 2. The van der Waals surface area contributed by atoms with Gasteiger partial charge in [-0.05, 0) is 115 Å². The van der Waals surface area contributed by atoms with Crippen LogP contribution in [0.1, 0.15) is 17.5 Å². The zero-order valence-corrected chi connectivity index (χ0v) is 41.0. The standard InChI is InChI=1S/C70H42N4O2/c1-3-19-48-41(15-1)17-13-29-50(48)47-39-60(51-30-14-18-42-16-2-4-20-49(42)51)63-61(40-47)62(43-31-35-45(36-32-43)69-73-64-56-25-9-5-21-52(56)54-23-7-11-27-58(54)66(64)75-69)71-68(72-63)44-33-37-46(38-34-44)70-74-65-57-26-10-6-22-53(57)55-24-8-12-28-59(55)67(65)76-70/h1-8,10-24,26-40H,9,25H2. The molecule has 1 aliphatic rings. The lowest BCUT2D eigenvalue weighted by Crippen LogP contribution is -1.98. The first kappa shape index (κ1) is 42.5. The van der Waals surface area contributed by atoms with Crippen LogP contribution in [-0.2, 0) is 6.42 Å². The van der Waals surface area contributed by atoms with E-state index in [1.165, 1.54) is 27.3 Å². The van der Waals surface area contributed by atoms with E-state index in [0.29, 0.717) is 17.6 Å². The van der Waals surface area contributed by atoms with E-state index in [4.69, 9.17) is 28.8 Å². The summed E-state index contributed by atoms with van der Waals surface area (Å²) in [6.07, 6.45) is 6.42. The first-order valence-corrected chi connectivity index (χ1v) is 25.9. The zero-order chi connectivity index (χ0) is 49.8. The number of hydrogen-bond acceptors (Lipinski definition) is 6. The molecule has 6 nitrogen and oxygen atoms in total. The number of benzene rings is 12. The quantitative estimate of drug-likeness (QED) is 0.155. The van der Waals surface area contributed by atoms with E-state index in [1.54, 1.807) is 0 Å². The average molecular weight is 971 g/mol. The van der Waals surface area contributed by atoms with Crippen LogP contribution < -0.4 is 0 Å². The molecule has 3 aromatic heterocycles. The molecule has 0 saturated heterocycles. The van der Waals surface area contributed by atoms with Crippen LogP contribution in [0.3, 0.4) is 0 Å². The van der Waals surface area contributed by atoms with Crippen LogP contribution >= 0.6 is 0 Å². The van der Waals surface area contributed by atoms with E-state index in [9.17, 15) is 0 Å². The van der Waals surface area contributed by atoms with Crippen molar-refractivity contribution in [3.05, 3.63) is 236 Å². The van der Waals surface area contributed by atoms with Gasteiger partial charge < -0.3 is 8.83 Å². The largest absolute Gasteiger partial charge is 0.435 e. The first-order chi connectivity index (χ1) is 37.7. The Labute approximate surface area is 435 Å². The normalized spacial score (nSPS) is 12.6. The molecular weight excluding hydrogens is 929 g/mol. The minimum atomic E-state index is 0.561. The molecule has 6 heteroatoms. The molecule has 0 N–H and O–H groups in total.